The predicted molar refractivity (Wildman–Crippen MR) is 87.8 cm³/mol. The SMILES string of the molecule is CC1(C)OB(c2ccc3c(c2)CCN(CC(F)(F)F)C3=O)OC1(C)C. The first-order chi connectivity index (χ1) is 11.4. The summed E-state index contributed by atoms with van der Waals surface area (Å²) in [6.45, 7) is 6.63. The zero-order valence-corrected chi connectivity index (χ0v) is 14.7. The lowest BCUT2D eigenvalue weighted by Gasteiger charge is -2.32. The number of hydrogen-bond donors (Lipinski definition) is 0. The molecule has 25 heavy (non-hydrogen) atoms. The average Bonchev–Trinajstić information content (AvgIpc) is 2.69. The van der Waals surface area contributed by atoms with Gasteiger partial charge < -0.3 is 14.2 Å². The highest BCUT2D eigenvalue weighted by Gasteiger charge is 2.51. The first-order valence-corrected chi connectivity index (χ1v) is 8.24. The number of fused-ring (bicyclic) bond motifs is 1. The topological polar surface area (TPSA) is 38.8 Å². The molecule has 0 radical (unpaired) electrons. The van der Waals surface area contributed by atoms with Crippen molar-refractivity contribution in [3.8, 4) is 0 Å². The standard InChI is InChI=1S/C17H21BF3NO3/c1-15(2)16(3,4)25-18(24-15)12-5-6-13-11(9-12)7-8-22(14(13)23)10-17(19,20)21/h5-6,9H,7-8,10H2,1-4H3. The Morgan fingerprint density at radius 1 is 1.16 bits per heavy atom. The molecule has 0 N–H and O–H groups in total. The van der Waals surface area contributed by atoms with Crippen LogP contribution in [-0.2, 0) is 15.7 Å². The van der Waals surface area contributed by atoms with Crippen LogP contribution in [0.3, 0.4) is 0 Å². The Kier molecular flexibility index (Phi) is 4.19. The van der Waals surface area contributed by atoms with Crippen molar-refractivity contribution < 1.29 is 27.3 Å². The Balaban J connectivity index is 1.82. The van der Waals surface area contributed by atoms with Gasteiger partial charge in [0.25, 0.3) is 5.91 Å². The lowest BCUT2D eigenvalue weighted by Crippen LogP contribution is -2.44. The van der Waals surface area contributed by atoms with Crippen molar-refractivity contribution in [2.45, 2.75) is 51.5 Å². The number of nitrogens with zero attached hydrogens (tertiary/aromatic N) is 1. The van der Waals surface area contributed by atoms with Gasteiger partial charge in [-0.15, -0.1) is 0 Å². The molecule has 0 unspecified atom stereocenters. The number of halogens is 3. The number of carbonyl (C=O) groups excluding carboxylic acids is 1. The van der Waals surface area contributed by atoms with E-state index in [1.165, 1.54) is 0 Å². The molecule has 0 saturated carbocycles. The molecule has 0 spiro atoms. The van der Waals surface area contributed by atoms with Crippen LogP contribution in [0, 0.1) is 0 Å². The van der Waals surface area contributed by atoms with Crippen molar-refractivity contribution >= 4 is 18.5 Å². The van der Waals surface area contributed by atoms with Crippen molar-refractivity contribution in [1.29, 1.82) is 0 Å². The molecule has 0 aliphatic carbocycles. The first kappa shape index (κ1) is 18.3. The van der Waals surface area contributed by atoms with Crippen LogP contribution in [-0.4, -0.2) is 48.4 Å². The minimum absolute atomic E-state index is 0.0537. The molecule has 1 saturated heterocycles. The molecule has 8 heteroatoms. The molecule has 1 amide bonds. The number of alkyl halides is 3. The zero-order chi connectivity index (χ0) is 18.6. The molecule has 4 nitrogen and oxygen atoms in total. The molecule has 0 bridgehead atoms. The highest BCUT2D eigenvalue weighted by Crippen LogP contribution is 2.36. The minimum atomic E-state index is -4.39. The molecule has 136 valence electrons. The number of benzene rings is 1. The summed E-state index contributed by atoms with van der Waals surface area (Å²) in [5.41, 5.74) is 0.862. The van der Waals surface area contributed by atoms with Crippen LogP contribution in [0.4, 0.5) is 13.2 Å². The molecule has 2 aliphatic heterocycles. The van der Waals surface area contributed by atoms with Crippen molar-refractivity contribution in [2.24, 2.45) is 0 Å². The van der Waals surface area contributed by atoms with Crippen molar-refractivity contribution in [1.82, 2.24) is 4.90 Å². The van der Waals surface area contributed by atoms with E-state index in [1.54, 1.807) is 18.2 Å². The van der Waals surface area contributed by atoms with Crippen LogP contribution in [0.25, 0.3) is 0 Å². The Morgan fingerprint density at radius 2 is 1.76 bits per heavy atom. The van der Waals surface area contributed by atoms with Gasteiger partial charge in [0.15, 0.2) is 0 Å². The normalized spacial score (nSPS) is 22.3. The summed E-state index contributed by atoms with van der Waals surface area (Å²) in [4.78, 5) is 13.1. The van der Waals surface area contributed by atoms with Gasteiger partial charge in [-0.2, -0.15) is 13.2 Å². The fourth-order valence-electron chi connectivity index (χ4n) is 3.05. The smallest absolute Gasteiger partial charge is 0.399 e. The fourth-order valence-corrected chi connectivity index (χ4v) is 3.05. The predicted octanol–water partition coefficient (Wildman–Crippen LogP) is 2.55. The molecular weight excluding hydrogens is 334 g/mol. The highest BCUT2D eigenvalue weighted by molar-refractivity contribution is 6.62. The molecule has 0 atom stereocenters. The number of carbonyl (C=O) groups is 1. The molecule has 1 fully saturated rings. The van der Waals surface area contributed by atoms with Gasteiger partial charge in [-0.05, 0) is 51.2 Å². The van der Waals surface area contributed by atoms with Crippen LogP contribution in [0.2, 0.25) is 0 Å². The van der Waals surface area contributed by atoms with Crippen molar-refractivity contribution in [3.05, 3.63) is 29.3 Å². The molecule has 1 aromatic rings. The van der Waals surface area contributed by atoms with E-state index in [9.17, 15) is 18.0 Å². The Hall–Kier alpha value is -1.54. The van der Waals surface area contributed by atoms with E-state index in [0.717, 1.165) is 15.9 Å². The van der Waals surface area contributed by atoms with E-state index in [2.05, 4.69) is 0 Å². The number of rotatable bonds is 2. The second-order valence-electron chi connectivity index (χ2n) is 7.60. The molecule has 0 aromatic heterocycles. The summed E-state index contributed by atoms with van der Waals surface area (Å²) in [5.74, 6) is -0.584. The van der Waals surface area contributed by atoms with Gasteiger partial charge in [-0.25, -0.2) is 0 Å². The number of amides is 1. The second-order valence-corrected chi connectivity index (χ2v) is 7.60. The van der Waals surface area contributed by atoms with E-state index >= 15 is 0 Å². The van der Waals surface area contributed by atoms with Gasteiger partial charge in [-0.1, -0.05) is 12.1 Å². The minimum Gasteiger partial charge on any atom is -0.399 e. The molecule has 2 heterocycles. The lowest BCUT2D eigenvalue weighted by atomic mass is 9.77. The largest absolute Gasteiger partial charge is 0.494 e. The summed E-state index contributed by atoms with van der Waals surface area (Å²) < 4.78 is 49.7. The van der Waals surface area contributed by atoms with Gasteiger partial charge in [0.2, 0.25) is 0 Å². The van der Waals surface area contributed by atoms with Gasteiger partial charge in [0.05, 0.1) is 11.2 Å². The number of hydrogen-bond acceptors (Lipinski definition) is 3. The maximum absolute atomic E-state index is 12.6. The lowest BCUT2D eigenvalue weighted by molar-refractivity contribution is -0.141. The summed E-state index contributed by atoms with van der Waals surface area (Å²) in [5, 5.41) is 0. The summed E-state index contributed by atoms with van der Waals surface area (Å²) in [6.07, 6.45) is -4.01. The van der Waals surface area contributed by atoms with E-state index in [-0.39, 0.29) is 6.54 Å². The monoisotopic (exact) mass is 355 g/mol. The van der Waals surface area contributed by atoms with E-state index in [4.69, 9.17) is 9.31 Å². The van der Waals surface area contributed by atoms with Gasteiger partial charge in [-0.3, -0.25) is 4.79 Å². The first-order valence-electron chi connectivity index (χ1n) is 8.24. The maximum Gasteiger partial charge on any atom is 0.494 e. The van der Waals surface area contributed by atoms with Gasteiger partial charge >= 0.3 is 13.3 Å². The highest BCUT2D eigenvalue weighted by atomic mass is 19.4. The van der Waals surface area contributed by atoms with Crippen molar-refractivity contribution in [3.63, 3.8) is 0 Å². The fraction of sp³-hybridized carbons (Fsp3) is 0.588. The van der Waals surface area contributed by atoms with E-state index < -0.39 is 36.9 Å². The van der Waals surface area contributed by atoms with Crippen LogP contribution in [0.1, 0.15) is 43.6 Å². The van der Waals surface area contributed by atoms with Gasteiger partial charge in [0.1, 0.15) is 6.54 Å². The summed E-state index contributed by atoms with van der Waals surface area (Å²) in [7, 11) is -0.557. The quantitative estimate of drug-likeness (QED) is 0.766. The van der Waals surface area contributed by atoms with E-state index in [0.29, 0.717) is 12.0 Å². The van der Waals surface area contributed by atoms with Crippen molar-refractivity contribution in [2.75, 3.05) is 13.1 Å². The Morgan fingerprint density at radius 3 is 2.32 bits per heavy atom. The Bertz CT molecular complexity index is 687. The van der Waals surface area contributed by atoms with Crippen LogP contribution in [0.5, 0.6) is 0 Å². The third-order valence-corrected chi connectivity index (χ3v) is 5.19. The average molecular weight is 355 g/mol. The molecule has 1 aromatic carbocycles. The molecule has 2 aliphatic rings. The van der Waals surface area contributed by atoms with Gasteiger partial charge in [0, 0.05) is 12.1 Å². The van der Waals surface area contributed by atoms with Crippen LogP contribution in [0.15, 0.2) is 18.2 Å². The summed E-state index contributed by atoms with van der Waals surface area (Å²) in [6, 6.07) is 5.07. The molecule has 3 rings (SSSR count). The van der Waals surface area contributed by atoms with E-state index in [1.807, 2.05) is 27.7 Å². The maximum atomic E-state index is 12.6. The third-order valence-electron chi connectivity index (χ3n) is 5.19. The Labute approximate surface area is 145 Å². The summed E-state index contributed by atoms with van der Waals surface area (Å²) >= 11 is 0. The van der Waals surface area contributed by atoms with Crippen LogP contribution >= 0.6 is 0 Å². The molecular formula is C17H21BF3NO3. The van der Waals surface area contributed by atoms with Crippen LogP contribution < -0.4 is 5.46 Å². The third kappa shape index (κ3) is 3.42. The second kappa shape index (κ2) is 5.74. The zero-order valence-electron chi connectivity index (χ0n) is 14.7.